The number of nitriles is 1. The van der Waals surface area contributed by atoms with Crippen LogP contribution in [0.25, 0.3) is 0 Å². The Hall–Kier alpha value is -1.05. The second-order valence-electron chi connectivity index (χ2n) is 3.74. The number of rotatable bonds is 5. The van der Waals surface area contributed by atoms with E-state index < -0.39 is 5.82 Å². The summed E-state index contributed by atoms with van der Waals surface area (Å²) in [5.74, 6) is 1.32. The molecule has 16 heavy (non-hydrogen) atoms. The molecule has 0 fully saturated rings. The van der Waals surface area contributed by atoms with E-state index in [0.29, 0.717) is 0 Å². The van der Waals surface area contributed by atoms with Gasteiger partial charge >= 0.3 is 0 Å². The van der Waals surface area contributed by atoms with Gasteiger partial charge in [-0.2, -0.15) is 17.0 Å². The van der Waals surface area contributed by atoms with Crippen LogP contribution >= 0.6 is 11.8 Å². The minimum Gasteiger partial charge on any atom is -0.328 e. The number of nitrogens with zero attached hydrogens (tertiary/aromatic N) is 1. The standard InChI is InChI=1S/C12H15FN2S/c1-9(15)4-5-16-8-10-2-3-12(13)11(6-10)7-14/h2-3,6,9H,4-5,8,15H2,1H3. The van der Waals surface area contributed by atoms with Gasteiger partial charge in [-0.15, -0.1) is 0 Å². The number of hydrogen-bond acceptors (Lipinski definition) is 3. The summed E-state index contributed by atoms with van der Waals surface area (Å²) in [4.78, 5) is 0. The van der Waals surface area contributed by atoms with Crippen molar-refractivity contribution in [2.75, 3.05) is 5.75 Å². The molecule has 86 valence electrons. The van der Waals surface area contributed by atoms with Crippen LogP contribution in [0, 0.1) is 17.1 Å². The fourth-order valence-corrected chi connectivity index (χ4v) is 2.31. The van der Waals surface area contributed by atoms with Gasteiger partial charge in [-0.1, -0.05) is 6.07 Å². The highest BCUT2D eigenvalue weighted by atomic mass is 32.2. The number of benzene rings is 1. The van der Waals surface area contributed by atoms with Crippen molar-refractivity contribution in [1.29, 1.82) is 5.26 Å². The van der Waals surface area contributed by atoms with E-state index in [1.165, 1.54) is 6.07 Å². The van der Waals surface area contributed by atoms with Crippen molar-refractivity contribution in [2.24, 2.45) is 5.73 Å². The van der Waals surface area contributed by atoms with E-state index in [1.54, 1.807) is 23.9 Å². The number of halogens is 1. The van der Waals surface area contributed by atoms with Crippen molar-refractivity contribution in [3.05, 3.63) is 35.1 Å². The molecule has 2 N–H and O–H groups in total. The molecule has 0 saturated carbocycles. The lowest BCUT2D eigenvalue weighted by Gasteiger charge is -2.05. The molecule has 1 atom stereocenters. The maximum atomic E-state index is 13.0. The smallest absolute Gasteiger partial charge is 0.140 e. The van der Waals surface area contributed by atoms with E-state index in [9.17, 15) is 4.39 Å². The molecule has 1 aromatic rings. The summed E-state index contributed by atoms with van der Waals surface area (Å²) >= 11 is 1.75. The van der Waals surface area contributed by atoms with Crippen LogP contribution in [0.4, 0.5) is 4.39 Å². The molecule has 0 saturated heterocycles. The summed E-state index contributed by atoms with van der Waals surface area (Å²) in [5.41, 5.74) is 6.73. The van der Waals surface area contributed by atoms with E-state index >= 15 is 0 Å². The topological polar surface area (TPSA) is 49.8 Å². The van der Waals surface area contributed by atoms with Gasteiger partial charge in [0.05, 0.1) is 5.56 Å². The molecule has 1 unspecified atom stereocenters. The third-order valence-corrected chi connectivity index (χ3v) is 3.20. The van der Waals surface area contributed by atoms with Crippen molar-refractivity contribution >= 4 is 11.8 Å². The van der Waals surface area contributed by atoms with Gasteiger partial charge in [0.15, 0.2) is 0 Å². The molecule has 0 amide bonds. The lowest BCUT2D eigenvalue weighted by Crippen LogP contribution is -2.15. The first kappa shape index (κ1) is 13.0. The molecule has 2 nitrogen and oxygen atoms in total. The second-order valence-corrected chi connectivity index (χ2v) is 4.85. The van der Waals surface area contributed by atoms with Crippen LogP contribution in [0.1, 0.15) is 24.5 Å². The summed E-state index contributed by atoms with van der Waals surface area (Å²) in [5, 5.41) is 8.67. The largest absolute Gasteiger partial charge is 0.328 e. The average molecular weight is 238 g/mol. The van der Waals surface area contributed by atoms with Gasteiger partial charge in [0, 0.05) is 11.8 Å². The first-order valence-electron chi connectivity index (χ1n) is 5.15. The molecule has 0 bridgehead atoms. The molecular weight excluding hydrogens is 223 g/mol. The minimum absolute atomic E-state index is 0.116. The van der Waals surface area contributed by atoms with E-state index in [1.807, 2.05) is 13.0 Å². The molecular formula is C12H15FN2S. The maximum absolute atomic E-state index is 13.0. The van der Waals surface area contributed by atoms with E-state index in [2.05, 4.69) is 0 Å². The Morgan fingerprint density at radius 2 is 2.31 bits per heavy atom. The Morgan fingerprint density at radius 3 is 2.94 bits per heavy atom. The van der Waals surface area contributed by atoms with Crippen LogP contribution in [-0.4, -0.2) is 11.8 Å². The van der Waals surface area contributed by atoms with Gasteiger partial charge in [-0.3, -0.25) is 0 Å². The predicted octanol–water partition coefficient (Wildman–Crippen LogP) is 2.67. The second kappa shape index (κ2) is 6.51. The number of hydrogen-bond donors (Lipinski definition) is 1. The molecule has 0 heterocycles. The molecule has 0 aliphatic rings. The fourth-order valence-electron chi connectivity index (χ4n) is 1.21. The molecule has 0 aliphatic heterocycles. The Labute approximate surface area is 99.6 Å². The van der Waals surface area contributed by atoms with Gasteiger partial charge in [0.25, 0.3) is 0 Å². The Kier molecular flexibility index (Phi) is 5.30. The van der Waals surface area contributed by atoms with Crippen LogP contribution in [0.3, 0.4) is 0 Å². The zero-order valence-electron chi connectivity index (χ0n) is 9.24. The third kappa shape index (κ3) is 4.21. The summed E-state index contributed by atoms with van der Waals surface area (Å²) in [7, 11) is 0. The highest BCUT2D eigenvalue weighted by molar-refractivity contribution is 7.98. The van der Waals surface area contributed by atoms with Crippen LogP contribution in [0.15, 0.2) is 18.2 Å². The van der Waals surface area contributed by atoms with Crippen molar-refractivity contribution in [3.63, 3.8) is 0 Å². The molecule has 4 heteroatoms. The van der Waals surface area contributed by atoms with Gasteiger partial charge in [-0.25, -0.2) is 4.39 Å². The minimum atomic E-state index is -0.452. The first-order chi connectivity index (χ1) is 7.63. The lowest BCUT2D eigenvalue weighted by molar-refractivity contribution is 0.623. The quantitative estimate of drug-likeness (QED) is 0.802. The van der Waals surface area contributed by atoms with Gasteiger partial charge in [-0.05, 0) is 36.8 Å². The third-order valence-electron chi connectivity index (χ3n) is 2.14. The summed E-state index contributed by atoms with van der Waals surface area (Å²) in [6.07, 6.45) is 0.969. The van der Waals surface area contributed by atoms with Crippen molar-refractivity contribution in [1.82, 2.24) is 0 Å². The molecule has 0 aromatic heterocycles. The van der Waals surface area contributed by atoms with Gasteiger partial charge in [0.1, 0.15) is 11.9 Å². The number of thioether (sulfide) groups is 1. The molecule has 1 aromatic carbocycles. The summed E-state index contributed by atoms with van der Waals surface area (Å²) in [6, 6.07) is 6.73. The van der Waals surface area contributed by atoms with Crippen LogP contribution in [0.5, 0.6) is 0 Å². The lowest BCUT2D eigenvalue weighted by atomic mass is 10.1. The molecule has 0 spiro atoms. The zero-order valence-corrected chi connectivity index (χ0v) is 10.1. The molecule has 0 aliphatic carbocycles. The van der Waals surface area contributed by atoms with E-state index in [4.69, 9.17) is 11.0 Å². The van der Waals surface area contributed by atoms with Crippen LogP contribution in [-0.2, 0) is 5.75 Å². The van der Waals surface area contributed by atoms with Gasteiger partial charge in [0.2, 0.25) is 0 Å². The number of nitrogens with two attached hydrogens (primary N) is 1. The molecule has 1 rings (SSSR count). The van der Waals surface area contributed by atoms with E-state index in [0.717, 1.165) is 23.5 Å². The SMILES string of the molecule is CC(N)CCSCc1ccc(F)c(C#N)c1. The van der Waals surface area contributed by atoms with Crippen LogP contribution in [0.2, 0.25) is 0 Å². The first-order valence-corrected chi connectivity index (χ1v) is 6.31. The monoisotopic (exact) mass is 238 g/mol. The highest BCUT2D eigenvalue weighted by Gasteiger charge is 2.03. The Morgan fingerprint density at radius 1 is 1.56 bits per heavy atom. The highest BCUT2D eigenvalue weighted by Crippen LogP contribution is 2.16. The maximum Gasteiger partial charge on any atom is 0.140 e. The molecule has 0 radical (unpaired) electrons. The summed E-state index contributed by atoms with van der Waals surface area (Å²) < 4.78 is 13.0. The zero-order chi connectivity index (χ0) is 12.0. The normalized spacial score (nSPS) is 12.1. The average Bonchev–Trinajstić information content (AvgIpc) is 2.26. The fraction of sp³-hybridized carbons (Fsp3) is 0.417. The summed E-state index contributed by atoms with van der Waals surface area (Å²) in [6.45, 7) is 1.98. The van der Waals surface area contributed by atoms with E-state index in [-0.39, 0.29) is 11.6 Å². The van der Waals surface area contributed by atoms with Crippen molar-refractivity contribution in [3.8, 4) is 6.07 Å². The predicted molar refractivity (Wildman–Crippen MR) is 65.5 cm³/mol. The Balaban J connectivity index is 2.46. The van der Waals surface area contributed by atoms with Crippen molar-refractivity contribution in [2.45, 2.75) is 25.1 Å². The van der Waals surface area contributed by atoms with Gasteiger partial charge < -0.3 is 5.73 Å². The van der Waals surface area contributed by atoms with Crippen LogP contribution < -0.4 is 5.73 Å². The van der Waals surface area contributed by atoms with Crippen molar-refractivity contribution < 1.29 is 4.39 Å². The Bertz CT molecular complexity index is 385.